The zero-order valence-electron chi connectivity index (χ0n) is 11.8. The van der Waals surface area contributed by atoms with Crippen LogP contribution in [0.4, 0.5) is 4.39 Å². The van der Waals surface area contributed by atoms with E-state index in [2.05, 4.69) is 23.7 Å². The van der Waals surface area contributed by atoms with E-state index in [1.165, 1.54) is 18.6 Å². The predicted molar refractivity (Wildman–Crippen MR) is 79.7 cm³/mol. The van der Waals surface area contributed by atoms with E-state index in [4.69, 9.17) is 11.6 Å². The number of hydrogen-bond donors (Lipinski definition) is 1. The van der Waals surface area contributed by atoms with Gasteiger partial charge in [0.2, 0.25) is 0 Å². The Morgan fingerprint density at radius 2 is 2.17 bits per heavy atom. The van der Waals surface area contributed by atoms with Gasteiger partial charge in [-0.1, -0.05) is 39.8 Å². The molecule has 1 aromatic rings. The fourth-order valence-corrected chi connectivity index (χ4v) is 1.07. The summed E-state index contributed by atoms with van der Waals surface area (Å²) in [7, 11) is 0. The molecule has 0 radical (unpaired) electrons. The van der Waals surface area contributed by atoms with Gasteiger partial charge in [0.1, 0.15) is 5.83 Å². The summed E-state index contributed by atoms with van der Waals surface area (Å²) in [5.41, 5.74) is 0. The van der Waals surface area contributed by atoms with Crippen molar-refractivity contribution in [3.05, 3.63) is 28.7 Å². The maximum Gasteiger partial charge on any atom is 0.121 e. The van der Waals surface area contributed by atoms with Crippen molar-refractivity contribution in [1.82, 2.24) is 10.2 Å². The van der Waals surface area contributed by atoms with Gasteiger partial charge >= 0.3 is 0 Å². The molecule has 1 N–H and O–H groups in total. The average Bonchev–Trinajstić information content (AvgIpc) is 2.79. The fraction of sp³-hybridized carbons (Fsp3) is 0.500. The molecule has 2 nitrogen and oxygen atoms in total. The first-order valence-corrected chi connectivity index (χ1v) is 6.77. The number of nitrogens with zero attached hydrogens (tertiary/aromatic N) is 1. The number of aromatic amines is 1. The van der Waals surface area contributed by atoms with Crippen molar-refractivity contribution in [3.8, 4) is 0 Å². The summed E-state index contributed by atoms with van der Waals surface area (Å²) in [6.07, 6.45) is 6.65. The Balaban J connectivity index is 0. The molecule has 0 bridgehead atoms. The van der Waals surface area contributed by atoms with Gasteiger partial charge in [0.15, 0.2) is 0 Å². The molecule has 0 unspecified atom stereocenters. The van der Waals surface area contributed by atoms with Gasteiger partial charge < -0.3 is 0 Å². The van der Waals surface area contributed by atoms with Gasteiger partial charge in [0, 0.05) is 11.1 Å². The second-order valence-electron chi connectivity index (χ2n) is 3.17. The summed E-state index contributed by atoms with van der Waals surface area (Å²) in [5, 5.41) is 7.63. The van der Waals surface area contributed by atoms with Crippen molar-refractivity contribution in [2.75, 3.05) is 5.88 Å². The number of aromatic nitrogens is 2. The minimum atomic E-state index is -0.292. The number of halogens is 2. The molecule has 1 heterocycles. The van der Waals surface area contributed by atoms with Gasteiger partial charge in [-0.3, -0.25) is 5.10 Å². The molecule has 18 heavy (non-hydrogen) atoms. The molecule has 0 aliphatic heterocycles. The summed E-state index contributed by atoms with van der Waals surface area (Å²) in [6, 6.07) is 0. The fourth-order valence-electron chi connectivity index (χ4n) is 0.801. The van der Waals surface area contributed by atoms with Crippen molar-refractivity contribution < 1.29 is 4.39 Å². The van der Waals surface area contributed by atoms with Gasteiger partial charge in [0.05, 0.1) is 11.5 Å². The molecular formula is C14H24ClFN2. The molecule has 0 saturated heterocycles. The molecule has 104 valence electrons. The number of rotatable bonds is 3. The molecule has 0 aliphatic rings. The Morgan fingerprint density at radius 3 is 2.44 bits per heavy atom. The predicted octanol–water partition coefficient (Wildman–Crippen LogP) is 3.53. The number of alkyl halides is 1. The molecular weight excluding hydrogens is 251 g/mol. The van der Waals surface area contributed by atoms with Crippen LogP contribution >= 0.6 is 11.6 Å². The van der Waals surface area contributed by atoms with Crippen LogP contribution in [0.25, 0.3) is 12.7 Å². The third-order valence-electron chi connectivity index (χ3n) is 1.80. The Labute approximate surface area is 114 Å². The first-order valence-electron chi connectivity index (χ1n) is 6.23. The monoisotopic (exact) mass is 274 g/mol. The molecule has 1 rings (SSSR count). The lowest BCUT2D eigenvalue weighted by atomic mass is 10.4. The first kappa shape index (κ1) is 19.3. The van der Waals surface area contributed by atoms with Crippen LogP contribution in [0.1, 0.15) is 40.5 Å². The number of H-pyrrole nitrogens is 1. The van der Waals surface area contributed by atoms with E-state index in [1.807, 2.05) is 13.8 Å². The van der Waals surface area contributed by atoms with E-state index >= 15 is 0 Å². The molecule has 4 heteroatoms. The van der Waals surface area contributed by atoms with Crippen molar-refractivity contribution in [1.29, 1.82) is 0 Å². The summed E-state index contributed by atoms with van der Waals surface area (Å²) in [4.78, 5) is 0. The lowest BCUT2D eigenvalue weighted by molar-refractivity contribution is 0.677. The van der Waals surface area contributed by atoms with E-state index in [0.29, 0.717) is 10.6 Å². The minimum Gasteiger partial charge on any atom is -0.278 e. The van der Waals surface area contributed by atoms with Gasteiger partial charge in [-0.05, 0) is 19.4 Å². The molecule has 0 saturated carbocycles. The smallest absolute Gasteiger partial charge is 0.121 e. The highest BCUT2D eigenvalue weighted by molar-refractivity contribution is 6.17. The van der Waals surface area contributed by atoms with E-state index in [0.717, 1.165) is 12.3 Å². The molecule has 1 aromatic heterocycles. The Hall–Kier alpha value is -1.09. The molecule has 0 aromatic carbocycles. The Bertz CT molecular complexity index is 408. The van der Waals surface area contributed by atoms with Gasteiger partial charge in [-0.2, -0.15) is 5.10 Å². The largest absolute Gasteiger partial charge is 0.278 e. The highest BCUT2D eigenvalue weighted by Gasteiger charge is 1.86. The zero-order chi connectivity index (χ0) is 14.4. The van der Waals surface area contributed by atoms with Crippen LogP contribution in [-0.4, -0.2) is 16.1 Å². The third kappa shape index (κ3) is 10.1. The van der Waals surface area contributed by atoms with Crippen molar-refractivity contribution in [2.24, 2.45) is 0 Å². The summed E-state index contributed by atoms with van der Waals surface area (Å²) >= 11 is 5.30. The van der Waals surface area contributed by atoms with E-state index in [-0.39, 0.29) is 5.83 Å². The molecule has 0 fully saturated rings. The van der Waals surface area contributed by atoms with Crippen LogP contribution < -0.4 is 10.6 Å². The van der Waals surface area contributed by atoms with Crippen LogP contribution in [0.5, 0.6) is 0 Å². The number of allylic oxidation sites excluding steroid dienone is 2. The third-order valence-corrected chi connectivity index (χ3v) is 2.06. The topological polar surface area (TPSA) is 28.7 Å². The van der Waals surface area contributed by atoms with E-state index < -0.39 is 0 Å². The van der Waals surface area contributed by atoms with Crippen molar-refractivity contribution >= 4 is 24.3 Å². The standard InChI is InChI=1S/C8H9FN2.C4H9Cl.C2H6/c1-3-7(9)4-8-6(2)5-10-11-8;1-2-3-4-5;1-2/h3-5,11H,2H2,1H3;2-4H2,1H3;1-2H3/b7-3+,8-4+;;. The van der Waals surface area contributed by atoms with Crippen molar-refractivity contribution in [2.45, 2.75) is 40.5 Å². The number of nitrogens with one attached hydrogen (secondary N) is 1. The van der Waals surface area contributed by atoms with Crippen LogP contribution in [0, 0.1) is 0 Å². The molecule has 0 atom stereocenters. The highest BCUT2D eigenvalue weighted by Crippen LogP contribution is 1.94. The lowest BCUT2D eigenvalue weighted by Crippen LogP contribution is -2.20. The van der Waals surface area contributed by atoms with E-state index in [1.54, 1.807) is 13.1 Å². The average molecular weight is 275 g/mol. The SMILES string of the molecule is C=c1cn[nH]/c1=C/C(F)=C\C.CC.CCCCCl. The number of hydrogen-bond acceptors (Lipinski definition) is 1. The zero-order valence-corrected chi connectivity index (χ0v) is 12.5. The van der Waals surface area contributed by atoms with Gasteiger partial charge in [0.25, 0.3) is 0 Å². The quantitative estimate of drug-likeness (QED) is 0.840. The van der Waals surface area contributed by atoms with Crippen LogP contribution in [-0.2, 0) is 0 Å². The molecule has 0 aliphatic carbocycles. The van der Waals surface area contributed by atoms with Crippen molar-refractivity contribution in [3.63, 3.8) is 0 Å². The first-order chi connectivity index (χ1) is 8.65. The summed E-state index contributed by atoms with van der Waals surface area (Å²) < 4.78 is 12.6. The lowest BCUT2D eigenvalue weighted by Gasteiger charge is -1.79. The second kappa shape index (κ2) is 14.0. The van der Waals surface area contributed by atoms with E-state index in [9.17, 15) is 4.39 Å². The molecule has 0 amide bonds. The molecule has 0 spiro atoms. The summed E-state index contributed by atoms with van der Waals surface area (Å²) in [5.74, 6) is 0.524. The number of unbranched alkanes of at least 4 members (excludes halogenated alkanes) is 1. The highest BCUT2D eigenvalue weighted by atomic mass is 35.5. The van der Waals surface area contributed by atoms with Crippen LogP contribution in [0.15, 0.2) is 18.1 Å². The second-order valence-corrected chi connectivity index (χ2v) is 3.55. The Kier molecular flexibility index (Phi) is 14.9. The van der Waals surface area contributed by atoms with Gasteiger partial charge in [-0.25, -0.2) is 4.39 Å². The maximum atomic E-state index is 12.6. The van der Waals surface area contributed by atoms with Crippen LogP contribution in [0.3, 0.4) is 0 Å². The maximum absolute atomic E-state index is 12.6. The van der Waals surface area contributed by atoms with Gasteiger partial charge in [-0.15, -0.1) is 11.6 Å². The summed E-state index contributed by atoms with van der Waals surface area (Å²) in [6.45, 7) is 11.4. The normalized spacial score (nSPS) is 11.2. The van der Waals surface area contributed by atoms with Crippen LogP contribution in [0.2, 0.25) is 0 Å². The minimum absolute atomic E-state index is 0.292. The Morgan fingerprint density at radius 1 is 1.56 bits per heavy atom.